The van der Waals surface area contributed by atoms with Crippen molar-refractivity contribution in [1.82, 2.24) is 19.8 Å². The Morgan fingerprint density at radius 3 is 2.76 bits per heavy atom. The first-order chi connectivity index (χ1) is 14.3. The summed E-state index contributed by atoms with van der Waals surface area (Å²) in [4.78, 5) is 16.3. The number of rotatable bonds is 4. The van der Waals surface area contributed by atoms with Crippen LogP contribution in [-0.2, 0) is 4.79 Å². The molecule has 0 unspecified atom stereocenters. The highest BCUT2D eigenvalue weighted by molar-refractivity contribution is 7.13. The number of piperidine rings is 1. The summed E-state index contributed by atoms with van der Waals surface area (Å²) in [6.45, 7) is 1.59. The van der Waals surface area contributed by atoms with Crippen LogP contribution in [0, 0.1) is 5.92 Å². The number of carbonyl (C=O) groups is 1. The maximum atomic E-state index is 12.9. The van der Waals surface area contributed by atoms with Gasteiger partial charge in [0.15, 0.2) is 5.65 Å². The van der Waals surface area contributed by atoms with Gasteiger partial charge in [-0.05, 0) is 42.5 Å². The maximum absolute atomic E-state index is 12.9. The number of aromatic nitrogens is 4. The van der Waals surface area contributed by atoms with E-state index in [2.05, 4.69) is 43.0 Å². The summed E-state index contributed by atoms with van der Waals surface area (Å²) in [5.41, 5.74) is 2.68. The molecule has 1 aromatic carbocycles. The van der Waals surface area contributed by atoms with Crippen molar-refractivity contribution in [2.45, 2.75) is 12.8 Å². The molecule has 1 N–H and O–H groups in total. The number of anilines is 2. The molecule has 1 aliphatic heterocycles. The Kier molecular flexibility index (Phi) is 4.69. The highest BCUT2D eigenvalue weighted by atomic mass is 32.1. The fourth-order valence-corrected chi connectivity index (χ4v) is 4.50. The number of amides is 1. The van der Waals surface area contributed by atoms with Gasteiger partial charge in [0, 0.05) is 35.1 Å². The zero-order chi connectivity index (χ0) is 19.6. The van der Waals surface area contributed by atoms with Gasteiger partial charge in [0.25, 0.3) is 0 Å². The van der Waals surface area contributed by atoms with Crippen molar-refractivity contribution >= 4 is 34.4 Å². The van der Waals surface area contributed by atoms with Gasteiger partial charge in [-0.2, -0.15) is 4.52 Å². The summed E-state index contributed by atoms with van der Waals surface area (Å²) >= 11 is 1.68. The Hall–Kier alpha value is -3.26. The van der Waals surface area contributed by atoms with Gasteiger partial charge < -0.3 is 10.2 Å². The van der Waals surface area contributed by atoms with E-state index in [1.165, 1.54) is 0 Å². The van der Waals surface area contributed by atoms with Gasteiger partial charge in [0.1, 0.15) is 12.1 Å². The zero-order valence-electron chi connectivity index (χ0n) is 15.7. The quantitative estimate of drug-likeness (QED) is 0.561. The molecule has 0 radical (unpaired) electrons. The lowest BCUT2D eigenvalue weighted by molar-refractivity contribution is -0.120. The number of hydrogen-bond acceptors (Lipinski definition) is 6. The molecule has 0 aliphatic carbocycles. The average molecular weight is 404 g/mol. The van der Waals surface area contributed by atoms with Crippen molar-refractivity contribution in [2.24, 2.45) is 5.92 Å². The molecule has 8 heteroatoms. The Bertz CT molecular complexity index is 1130. The lowest BCUT2D eigenvalue weighted by Crippen LogP contribution is -2.38. The Balaban J connectivity index is 1.25. The van der Waals surface area contributed by atoms with E-state index >= 15 is 0 Å². The van der Waals surface area contributed by atoms with Gasteiger partial charge in [0.05, 0.1) is 0 Å². The Labute approximate surface area is 172 Å². The number of hydrogen-bond donors (Lipinski definition) is 1. The second-order valence-electron chi connectivity index (χ2n) is 7.10. The topological polar surface area (TPSA) is 75.4 Å². The number of nitrogens with zero attached hydrogens (tertiary/aromatic N) is 5. The van der Waals surface area contributed by atoms with Gasteiger partial charge in [-0.3, -0.25) is 4.79 Å². The average Bonchev–Trinajstić information content (AvgIpc) is 3.46. The summed E-state index contributed by atoms with van der Waals surface area (Å²) in [5, 5.41) is 17.6. The zero-order valence-corrected chi connectivity index (χ0v) is 16.5. The third-order valence-electron chi connectivity index (χ3n) is 5.31. The molecule has 1 amide bonds. The van der Waals surface area contributed by atoms with Crippen molar-refractivity contribution in [1.29, 1.82) is 0 Å². The lowest BCUT2D eigenvalue weighted by Gasteiger charge is -2.32. The first-order valence-corrected chi connectivity index (χ1v) is 10.5. The Morgan fingerprint density at radius 1 is 1.07 bits per heavy atom. The van der Waals surface area contributed by atoms with Gasteiger partial charge in [-0.1, -0.05) is 24.3 Å². The number of fused-ring (bicyclic) bond motifs is 1. The van der Waals surface area contributed by atoms with Crippen LogP contribution in [0.3, 0.4) is 0 Å². The van der Waals surface area contributed by atoms with Crippen molar-refractivity contribution in [2.75, 3.05) is 23.3 Å². The van der Waals surface area contributed by atoms with E-state index in [4.69, 9.17) is 0 Å². The molecule has 0 bridgehead atoms. The molecule has 0 saturated carbocycles. The summed E-state index contributed by atoms with van der Waals surface area (Å²) < 4.78 is 1.68. The van der Waals surface area contributed by atoms with E-state index in [1.807, 2.05) is 36.4 Å². The first kappa shape index (κ1) is 17.8. The van der Waals surface area contributed by atoms with Crippen LogP contribution in [0.2, 0.25) is 0 Å². The number of carbonyl (C=O) groups excluding carboxylic acids is 1. The molecule has 7 nitrogen and oxygen atoms in total. The molecule has 1 aliphatic rings. The highest BCUT2D eigenvalue weighted by Gasteiger charge is 2.26. The number of nitrogens with one attached hydrogen (secondary N) is 1. The van der Waals surface area contributed by atoms with Crippen molar-refractivity contribution < 1.29 is 4.79 Å². The van der Waals surface area contributed by atoms with Crippen LogP contribution in [0.4, 0.5) is 11.5 Å². The fraction of sp³-hybridized carbons (Fsp3) is 0.238. The largest absolute Gasteiger partial charge is 0.355 e. The number of thiophene rings is 1. The maximum Gasteiger partial charge on any atom is 0.227 e. The van der Waals surface area contributed by atoms with Gasteiger partial charge in [0.2, 0.25) is 5.91 Å². The normalized spacial score (nSPS) is 15.0. The molecule has 1 saturated heterocycles. The summed E-state index contributed by atoms with van der Waals surface area (Å²) in [5.74, 6) is 0.983. The van der Waals surface area contributed by atoms with Gasteiger partial charge in [-0.25, -0.2) is 0 Å². The van der Waals surface area contributed by atoms with E-state index in [0.29, 0.717) is 0 Å². The summed E-state index contributed by atoms with van der Waals surface area (Å²) in [6, 6.07) is 16.0. The fourth-order valence-electron chi connectivity index (χ4n) is 3.73. The standard InChI is InChI=1S/C21H20N6OS/c28-21(23-17-5-2-1-4-16(17)18-6-3-13-29-18)15-9-11-26(12-10-15)20-8-7-19-24-22-14-27(19)25-20/h1-8,13-15H,9-12H2,(H,23,28). The van der Waals surface area contributed by atoms with Crippen molar-refractivity contribution in [3.8, 4) is 10.4 Å². The minimum Gasteiger partial charge on any atom is -0.355 e. The molecule has 0 atom stereocenters. The number of para-hydroxylation sites is 1. The highest BCUT2D eigenvalue weighted by Crippen LogP contribution is 2.32. The third-order valence-corrected chi connectivity index (χ3v) is 6.21. The van der Waals surface area contributed by atoms with E-state index in [0.717, 1.165) is 53.5 Å². The smallest absolute Gasteiger partial charge is 0.227 e. The van der Waals surface area contributed by atoms with E-state index in [1.54, 1.807) is 22.2 Å². The van der Waals surface area contributed by atoms with Gasteiger partial charge in [-0.15, -0.1) is 26.6 Å². The first-order valence-electron chi connectivity index (χ1n) is 9.64. The molecule has 29 heavy (non-hydrogen) atoms. The van der Waals surface area contributed by atoms with Crippen molar-refractivity contribution in [3.63, 3.8) is 0 Å². The van der Waals surface area contributed by atoms with Gasteiger partial charge >= 0.3 is 0 Å². The van der Waals surface area contributed by atoms with E-state index in [9.17, 15) is 4.79 Å². The monoisotopic (exact) mass is 404 g/mol. The molecule has 4 aromatic rings. The lowest BCUT2D eigenvalue weighted by atomic mass is 9.95. The predicted octanol–water partition coefficient (Wildman–Crippen LogP) is 3.71. The van der Waals surface area contributed by atoms with Crippen LogP contribution >= 0.6 is 11.3 Å². The molecule has 1 fully saturated rings. The van der Waals surface area contributed by atoms with Crippen LogP contribution in [-0.4, -0.2) is 38.8 Å². The van der Waals surface area contributed by atoms with Crippen LogP contribution in [0.1, 0.15) is 12.8 Å². The van der Waals surface area contributed by atoms with Crippen molar-refractivity contribution in [3.05, 3.63) is 60.2 Å². The molecule has 146 valence electrons. The second-order valence-corrected chi connectivity index (χ2v) is 8.05. The SMILES string of the molecule is O=C(Nc1ccccc1-c1cccs1)C1CCN(c2ccc3nncn3n2)CC1. The molecular formula is C21H20N6OS. The summed E-state index contributed by atoms with van der Waals surface area (Å²) in [7, 11) is 0. The minimum atomic E-state index is 0.00119. The minimum absolute atomic E-state index is 0.00119. The van der Waals surface area contributed by atoms with Crippen LogP contribution in [0.5, 0.6) is 0 Å². The predicted molar refractivity (Wildman–Crippen MR) is 114 cm³/mol. The van der Waals surface area contributed by atoms with Crippen LogP contribution < -0.4 is 10.2 Å². The Morgan fingerprint density at radius 2 is 1.93 bits per heavy atom. The van der Waals surface area contributed by atoms with E-state index in [-0.39, 0.29) is 11.8 Å². The van der Waals surface area contributed by atoms with E-state index < -0.39 is 0 Å². The molecular weight excluding hydrogens is 384 g/mol. The second kappa shape index (κ2) is 7.63. The molecule has 4 heterocycles. The number of benzene rings is 1. The molecule has 0 spiro atoms. The van der Waals surface area contributed by atoms with Crippen LogP contribution in [0.15, 0.2) is 60.2 Å². The third kappa shape index (κ3) is 3.58. The molecule has 5 rings (SSSR count). The molecule has 3 aromatic heterocycles. The summed E-state index contributed by atoms with van der Waals surface area (Å²) in [6.07, 6.45) is 3.20. The van der Waals surface area contributed by atoms with Crippen LogP contribution in [0.25, 0.3) is 16.1 Å².